The minimum atomic E-state index is -0.240. The smallest absolute Gasteiger partial charge is 0.187 e. The van der Waals surface area contributed by atoms with E-state index in [1.165, 1.54) is 29.6 Å². The van der Waals surface area contributed by atoms with E-state index < -0.39 is 0 Å². The molecule has 0 aliphatic carbocycles. The SMILES string of the molecule is CSc1nccc(-c2c(-c3ccc(F)cc3)nn3c2CCCC3)n1. The second-order valence-electron chi connectivity index (χ2n) is 5.79. The van der Waals surface area contributed by atoms with Crippen molar-refractivity contribution in [1.82, 2.24) is 19.7 Å². The third kappa shape index (κ3) is 2.71. The molecule has 4 rings (SSSR count). The number of halogens is 1. The van der Waals surface area contributed by atoms with Crippen LogP contribution in [0.4, 0.5) is 4.39 Å². The minimum absolute atomic E-state index is 0.240. The molecule has 1 aromatic carbocycles. The van der Waals surface area contributed by atoms with E-state index in [0.717, 1.165) is 53.5 Å². The highest BCUT2D eigenvalue weighted by atomic mass is 32.2. The molecule has 0 saturated heterocycles. The Kier molecular flexibility index (Phi) is 4.06. The third-order valence-electron chi connectivity index (χ3n) is 4.28. The van der Waals surface area contributed by atoms with Crippen LogP contribution in [0.15, 0.2) is 41.7 Å². The lowest BCUT2D eigenvalue weighted by molar-refractivity contribution is 0.487. The number of rotatable bonds is 3. The van der Waals surface area contributed by atoms with Crippen molar-refractivity contribution in [3.8, 4) is 22.5 Å². The number of aryl methyl sites for hydroxylation is 1. The predicted octanol–water partition coefficient (Wildman–Crippen LogP) is 4.20. The lowest BCUT2D eigenvalue weighted by Gasteiger charge is -2.14. The molecule has 3 heterocycles. The van der Waals surface area contributed by atoms with Gasteiger partial charge >= 0.3 is 0 Å². The summed E-state index contributed by atoms with van der Waals surface area (Å²) in [7, 11) is 0. The van der Waals surface area contributed by atoms with Crippen LogP contribution in [-0.4, -0.2) is 26.0 Å². The molecule has 0 atom stereocenters. The van der Waals surface area contributed by atoms with Gasteiger partial charge in [0, 0.05) is 29.6 Å². The van der Waals surface area contributed by atoms with Gasteiger partial charge in [0.15, 0.2) is 5.16 Å². The van der Waals surface area contributed by atoms with Gasteiger partial charge in [-0.2, -0.15) is 5.10 Å². The molecule has 0 saturated carbocycles. The van der Waals surface area contributed by atoms with E-state index in [4.69, 9.17) is 5.10 Å². The van der Waals surface area contributed by atoms with Gasteiger partial charge in [0.25, 0.3) is 0 Å². The zero-order valence-electron chi connectivity index (χ0n) is 13.4. The summed E-state index contributed by atoms with van der Waals surface area (Å²) in [4.78, 5) is 8.94. The monoisotopic (exact) mass is 340 g/mol. The van der Waals surface area contributed by atoms with E-state index in [-0.39, 0.29) is 5.82 Å². The number of nitrogens with zero attached hydrogens (tertiary/aromatic N) is 4. The van der Waals surface area contributed by atoms with Crippen molar-refractivity contribution in [2.45, 2.75) is 31.0 Å². The van der Waals surface area contributed by atoms with Gasteiger partial charge in [0.05, 0.1) is 5.69 Å². The topological polar surface area (TPSA) is 43.6 Å². The van der Waals surface area contributed by atoms with E-state index in [9.17, 15) is 4.39 Å². The second-order valence-corrected chi connectivity index (χ2v) is 6.56. The van der Waals surface area contributed by atoms with Gasteiger partial charge in [-0.3, -0.25) is 4.68 Å². The average molecular weight is 340 g/mol. The Morgan fingerprint density at radius 2 is 1.96 bits per heavy atom. The van der Waals surface area contributed by atoms with Crippen LogP contribution >= 0.6 is 11.8 Å². The van der Waals surface area contributed by atoms with Crippen molar-refractivity contribution >= 4 is 11.8 Å². The quantitative estimate of drug-likeness (QED) is 0.529. The molecule has 0 radical (unpaired) electrons. The van der Waals surface area contributed by atoms with Crippen LogP contribution in [0.3, 0.4) is 0 Å². The number of aromatic nitrogens is 4. The summed E-state index contributed by atoms with van der Waals surface area (Å²) in [5.41, 5.74) is 4.94. The van der Waals surface area contributed by atoms with Gasteiger partial charge < -0.3 is 0 Å². The van der Waals surface area contributed by atoms with Crippen molar-refractivity contribution < 1.29 is 4.39 Å². The van der Waals surface area contributed by atoms with Crippen LogP contribution in [-0.2, 0) is 13.0 Å². The highest BCUT2D eigenvalue weighted by Crippen LogP contribution is 2.36. The van der Waals surface area contributed by atoms with Crippen LogP contribution in [0.5, 0.6) is 0 Å². The lowest BCUT2D eigenvalue weighted by Crippen LogP contribution is -2.11. The van der Waals surface area contributed by atoms with Crippen molar-refractivity contribution in [3.05, 3.63) is 48.0 Å². The van der Waals surface area contributed by atoms with Crippen LogP contribution in [0.1, 0.15) is 18.5 Å². The first kappa shape index (κ1) is 15.3. The van der Waals surface area contributed by atoms with Crippen molar-refractivity contribution in [3.63, 3.8) is 0 Å². The first-order chi connectivity index (χ1) is 11.8. The molecular formula is C18H17FN4S. The summed E-state index contributed by atoms with van der Waals surface area (Å²) in [6.45, 7) is 0.921. The van der Waals surface area contributed by atoms with E-state index >= 15 is 0 Å². The van der Waals surface area contributed by atoms with Gasteiger partial charge in [-0.15, -0.1) is 0 Å². The molecule has 0 unspecified atom stereocenters. The predicted molar refractivity (Wildman–Crippen MR) is 93.4 cm³/mol. The second kappa shape index (κ2) is 6.36. The maximum absolute atomic E-state index is 13.3. The number of benzene rings is 1. The average Bonchev–Trinajstić information content (AvgIpc) is 3.02. The molecule has 24 heavy (non-hydrogen) atoms. The highest BCUT2D eigenvalue weighted by Gasteiger charge is 2.23. The Hall–Kier alpha value is -2.21. The normalized spacial score (nSPS) is 13.8. The van der Waals surface area contributed by atoms with Crippen molar-refractivity contribution in [2.24, 2.45) is 0 Å². The molecule has 1 aliphatic rings. The molecule has 0 amide bonds. The van der Waals surface area contributed by atoms with Gasteiger partial charge in [-0.05, 0) is 55.9 Å². The fourth-order valence-corrected chi connectivity index (χ4v) is 3.50. The van der Waals surface area contributed by atoms with Crippen molar-refractivity contribution in [2.75, 3.05) is 6.26 Å². The van der Waals surface area contributed by atoms with Gasteiger partial charge in [-0.1, -0.05) is 11.8 Å². The van der Waals surface area contributed by atoms with Crippen LogP contribution in [0.2, 0.25) is 0 Å². The van der Waals surface area contributed by atoms with Crippen LogP contribution < -0.4 is 0 Å². The maximum atomic E-state index is 13.3. The molecule has 4 nitrogen and oxygen atoms in total. The molecule has 6 heteroatoms. The van der Waals surface area contributed by atoms with Crippen LogP contribution in [0.25, 0.3) is 22.5 Å². The summed E-state index contributed by atoms with van der Waals surface area (Å²) >= 11 is 1.52. The van der Waals surface area contributed by atoms with E-state index in [1.807, 2.05) is 12.3 Å². The Labute approximate surface area is 144 Å². The first-order valence-electron chi connectivity index (χ1n) is 7.99. The Morgan fingerprint density at radius 3 is 2.75 bits per heavy atom. The molecule has 122 valence electrons. The summed E-state index contributed by atoms with van der Waals surface area (Å²) in [6, 6.07) is 8.45. The Balaban J connectivity index is 1.93. The van der Waals surface area contributed by atoms with Gasteiger partial charge in [-0.25, -0.2) is 14.4 Å². The Morgan fingerprint density at radius 1 is 1.12 bits per heavy atom. The number of hydrogen-bond acceptors (Lipinski definition) is 4. The number of hydrogen-bond donors (Lipinski definition) is 0. The van der Waals surface area contributed by atoms with Gasteiger partial charge in [0.2, 0.25) is 0 Å². The minimum Gasteiger partial charge on any atom is -0.268 e. The molecular weight excluding hydrogens is 323 g/mol. The lowest BCUT2D eigenvalue weighted by atomic mass is 9.99. The fourth-order valence-electron chi connectivity index (χ4n) is 3.15. The highest BCUT2D eigenvalue weighted by molar-refractivity contribution is 7.98. The fraction of sp³-hybridized carbons (Fsp3) is 0.278. The molecule has 0 N–H and O–H groups in total. The summed E-state index contributed by atoms with van der Waals surface area (Å²) in [5, 5.41) is 5.55. The largest absolute Gasteiger partial charge is 0.268 e. The molecule has 0 fully saturated rings. The molecule has 1 aliphatic heterocycles. The van der Waals surface area contributed by atoms with Gasteiger partial charge in [0.1, 0.15) is 11.5 Å². The number of thioether (sulfide) groups is 1. The molecule has 0 spiro atoms. The third-order valence-corrected chi connectivity index (χ3v) is 4.84. The number of fused-ring (bicyclic) bond motifs is 1. The van der Waals surface area contributed by atoms with E-state index in [1.54, 1.807) is 18.3 Å². The molecule has 0 bridgehead atoms. The zero-order valence-corrected chi connectivity index (χ0v) is 14.2. The van der Waals surface area contributed by atoms with Crippen LogP contribution in [0, 0.1) is 5.82 Å². The van der Waals surface area contributed by atoms with Crippen molar-refractivity contribution in [1.29, 1.82) is 0 Å². The standard InChI is InChI=1S/C18H17FN4S/c1-24-18-20-10-9-14(21-18)16-15-4-2-3-11-23(15)22-17(16)12-5-7-13(19)8-6-12/h5-10H,2-4,11H2,1H3. The zero-order chi connectivity index (χ0) is 16.5. The molecule has 3 aromatic rings. The first-order valence-corrected chi connectivity index (χ1v) is 9.22. The molecule has 2 aromatic heterocycles. The van der Waals surface area contributed by atoms with E-state index in [0.29, 0.717) is 0 Å². The maximum Gasteiger partial charge on any atom is 0.187 e. The van der Waals surface area contributed by atoms with E-state index in [2.05, 4.69) is 14.6 Å². The summed E-state index contributed by atoms with van der Waals surface area (Å²) < 4.78 is 15.4. The summed E-state index contributed by atoms with van der Waals surface area (Å²) in [5.74, 6) is -0.240. The summed E-state index contributed by atoms with van der Waals surface area (Å²) in [6.07, 6.45) is 7.03. The Bertz CT molecular complexity index is 873.